The Labute approximate surface area is 135 Å². The number of anilines is 1. The SMILES string of the molecule is CCOc1cc(NC(=O)C(NC)c2cnn(C)c2)ccc1OC. The zero-order valence-corrected chi connectivity index (χ0v) is 13.8. The van der Waals surface area contributed by atoms with E-state index in [9.17, 15) is 4.79 Å². The highest BCUT2D eigenvalue weighted by Crippen LogP contribution is 2.30. The number of ether oxygens (including phenoxy) is 2. The molecule has 1 aromatic carbocycles. The summed E-state index contributed by atoms with van der Waals surface area (Å²) in [5.41, 5.74) is 1.44. The molecule has 1 unspecified atom stereocenters. The van der Waals surface area contributed by atoms with Crippen molar-refractivity contribution in [3.8, 4) is 11.5 Å². The molecule has 0 saturated heterocycles. The van der Waals surface area contributed by atoms with Gasteiger partial charge in [-0.05, 0) is 26.1 Å². The number of hydrogen-bond donors (Lipinski definition) is 2. The van der Waals surface area contributed by atoms with E-state index in [1.54, 1.807) is 49.4 Å². The number of rotatable bonds is 7. The molecule has 124 valence electrons. The van der Waals surface area contributed by atoms with Gasteiger partial charge in [0.2, 0.25) is 5.91 Å². The van der Waals surface area contributed by atoms with Gasteiger partial charge in [0.15, 0.2) is 11.5 Å². The number of nitrogens with one attached hydrogen (secondary N) is 2. The van der Waals surface area contributed by atoms with Gasteiger partial charge in [-0.3, -0.25) is 9.48 Å². The summed E-state index contributed by atoms with van der Waals surface area (Å²) < 4.78 is 12.4. The number of nitrogens with zero attached hydrogens (tertiary/aromatic N) is 2. The minimum atomic E-state index is -0.485. The second-order valence-corrected chi connectivity index (χ2v) is 4.96. The highest BCUT2D eigenvalue weighted by atomic mass is 16.5. The third-order valence-corrected chi connectivity index (χ3v) is 3.34. The van der Waals surface area contributed by atoms with Crippen molar-refractivity contribution in [3.63, 3.8) is 0 Å². The highest BCUT2D eigenvalue weighted by Gasteiger charge is 2.20. The van der Waals surface area contributed by atoms with Crippen molar-refractivity contribution < 1.29 is 14.3 Å². The van der Waals surface area contributed by atoms with Crippen LogP contribution in [-0.4, -0.2) is 36.5 Å². The van der Waals surface area contributed by atoms with Crippen molar-refractivity contribution in [1.29, 1.82) is 0 Å². The summed E-state index contributed by atoms with van der Waals surface area (Å²) in [5, 5.41) is 9.97. The lowest BCUT2D eigenvalue weighted by Gasteiger charge is -2.16. The van der Waals surface area contributed by atoms with Gasteiger partial charge in [0.05, 0.1) is 19.9 Å². The van der Waals surface area contributed by atoms with Gasteiger partial charge in [-0.2, -0.15) is 5.10 Å². The molecule has 1 aromatic heterocycles. The van der Waals surface area contributed by atoms with Crippen LogP contribution in [0.4, 0.5) is 5.69 Å². The summed E-state index contributed by atoms with van der Waals surface area (Å²) in [6.07, 6.45) is 3.47. The van der Waals surface area contributed by atoms with Crippen LogP contribution in [0.1, 0.15) is 18.5 Å². The van der Waals surface area contributed by atoms with Gasteiger partial charge < -0.3 is 20.1 Å². The molecule has 2 N–H and O–H groups in total. The molecule has 7 nitrogen and oxygen atoms in total. The fraction of sp³-hybridized carbons (Fsp3) is 0.375. The van der Waals surface area contributed by atoms with E-state index in [1.165, 1.54) is 0 Å². The van der Waals surface area contributed by atoms with Gasteiger partial charge in [-0.25, -0.2) is 0 Å². The molecule has 23 heavy (non-hydrogen) atoms. The second-order valence-electron chi connectivity index (χ2n) is 4.96. The van der Waals surface area contributed by atoms with Crippen molar-refractivity contribution in [1.82, 2.24) is 15.1 Å². The lowest BCUT2D eigenvalue weighted by molar-refractivity contribution is -0.118. The Morgan fingerprint density at radius 2 is 2.17 bits per heavy atom. The maximum absolute atomic E-state index is 12.5. The first kappa shape index (κ1) is 16.8. The lowest BCUT2D eigenvalue weighted by atomic mass is 10.1. The molecule has 1 amide bonds. The fourth-order valence-electron chi connectivity index (χ4n) is 2.28. The van der Waals surface area contributed by atoms with E-state index in [2.05, 4.69) is 15.7 Å². The van der Waals surface area contributed by atoms with Crippen molar-refractivity contribution in [3.05, 3.63) is 36.2 Å². The monoisotopic (exact) mass is 318 g/mol. The molecular weight excluding hydrogens is 296 g/mol. The van der Waals surface area contributed by atoms with Crippen molar-refractivity contribution >= 4 is 11.6 Å². The number of aryl methyl sites for hydroxylation is 1. The molecule has 0 aliphatic carbocycles. The highest BCUT2D eigenvalue weighted by molar-refractivity contribution is 5.95. The Morgan fingerprint density at radius 1 is 1.39 bits per heavy atom. The van der Waals surface area contributed by atoms with Crippen LogP contribution in [0, 0.1) is 0 Å². The average Bonchev–Trinajstić information content (AvgIpc) is 2.95. The lowest BCUT2D eigenvalue weighted by Crippen LogP contribution is -2.30. The van der Waals surface area contributed by atoms with Gasteiger partial charge in [0.1, 0.15) is 6.04 Å². The van der Waals surface area contributed by atoms with E-state index in [1.807, 2.05) is 14.0 Å². The van der Waals surface area contributed by atoms with E-state index >= 15 is 0 Å². The predicted octanol–water partition coefficient (Wildman–Crippen LogP) is 1.73. The summed E-state index contributed by atoms with van der Waals surface area (Å²) in [6, 6.07) is 4.80. The second kappa shape index (κ2) is 7.64. The van der Waals surface area contributed by atoms with Crippen LogP contribution in [0.3, 0.4) is 0 Å². The van der Waals surface area contributed by atoms with E-state index in [-0.39, 0.29) is 5.91 Å². The first-order valence-electron chi connectivity index (χ1n) is 7.36. The van der Waals surface area contributed by atoms with Crippen molar-refractivity contribution in [2.75, 3.05) is 26.1 Å². The van der Waals surface area contributed by atoms with Crippen LogP contribution in [0.2, 0.25) is 0 Å². The van der Waals surface area contributed by atoms with Gasteiger partial charge in [0.25, 0.3) is 0 Å². The normalized spacial score (nSPS) is 11.8. The molecule has 0 bridgehead atoms. The van der Waals surface area contributed by atoms with Crippen molar-refractivity contribution in [2.24, 2.45) is 7.05 Å². The molecule has 7 heteroatoms. The summed E-state index contributed by atoms with van der Waals surface area (Å²) in [6.45, 7) is 2.41. The van der Waals surface area contributed by atoms with Crippen LogP contribution < -0.4 is 20.1 Å². The van der Waals surface area contributed by atoms with Crippen LogP contribution in [0.5, 0.6) is 11.5 Å². The van der Waals surface area contributed by atoms with Crippen LogP contribution >= 0.6 is 0 Å². The Balaban J connectivity index is 2.16. The smallest absolute Gasteiger partial charge is 0.246 e. The maximum atomic E-state index is 12.5. The van der Waals surface area contributed by atoms with Gasteiger partial charge >= 0.3 is 0 Å². The molecule has 0 radical (unpaired) electrons. The first-order valence-corrected chi connectivity index (χ1v) is 7.36. The van der Waals surface area contributed by atoms with Crippen LogP contribution in [0.15, 0.2) is 30.6 Å². The predicted molar refractivity (Wildman–Crippen MR) is 87.8 cm³/mol. The third-order valence-electron chi connectivity index (χ3n) is 3.34. The minimum absolute atomic E-state index is 0.173. The largest absolute Gasteiger partial charge is 0.493 e. The van der Waals surface area contributed by atoms with E-state index in [0.717, 1.165) is 5.56 Å². The summed E-state index contributed by atoms with van der Waals surface area (Å²) in [5.74, 6) is 1.05. The molecule has 0 aliphatic rings. The Hall–Kier alpha value is -2.54. The van der Waals surface area contributed by atoms with Crippen molar-refractivity contribution in [2.45, 2.75) is 13.0 Å². The van der Waals surface area contributed by atoms with Crippen LogP contribution in [0.25, 0.3) is 0 Å². The molecule has 1 heterocycles. The number of benzene rings is 1. The molecule has 1 atom stereocenters. The summed E-state index contributed by atoms with van der Waals surface area (Å²) in [7, 11) is 5.12. The minimum Gasteiger partial charge on any atom is -0.493 e. The molecule has 0 fully saturated rings. The maximum Gasteiger partial charge on any atom is 0.246 e. The number of carbonyl (C=O) groups excluding carboxylic acids is 1. The first-order chi connectivity index (χ1) is 11.1. The zero-order chi connectivity index (χ0) is 16.8. The van der Waals surface area contributed by atoms with E-state index < -0.39 is 6.04 Å². The molecule has 0 saturated carbocycles. The number of amides is 1. The molecular formula is C16H22N4O3. The number of carbonyl (C=O) groups is 1. The summed E-state index contributed by atoms with van der Waals surface area (Å²) in [4.78, 5) is 12.5. The molecule has 2 rings (SSSR count). The standard InChI is InChI=1S/C16H22N4O3/c1-5-23-14-8-12(6-7-13(14)22-4)19-16(21)15(17-2)11-9-18-20(3)10-11/h6-10,15,17H,5H2,1-4H3,(H,19,21). The molecule has 0 aliphatic heterocycles. The number of methoxy groups -OCH3 is 1. The van der Waals surface area contributed by atoms with Gasteiger partial charge in [0, 0.05) is 30.6 Å². The zero-order valence-electron chi connectivity index (χ0n) is 13.8. The fourth-order valence-corrected chi connectivity index (χ4v) is 2.28. The van der Waals surface area contributed by atoms with Gasteiger partial charge in [-0.1, -0.05) is 0 Å². The number of hydrogen-bond acceptors (Lipinski definition) is 5. The molecule has 2 aromatic rings. The van der Waals surface area contributed by atoms with E-state index in [4.69, 9.17) is 9.47 Å². The summed E-state index contributed by atoms with van der Waals surface area (Å²) >= 11 is 0. The Morgan fingerprint density at radius 3 is 2.74 bits per heavy atom. The van der Waals surface area contributed by atoms with Gasteiger partial charge in [-0.15, -0.1) is 0 Å². The average molecular weight is 318 g/mol. The molecule has 0 spiro atoms. The topological polar surface area (TPSA) is 77.4 Å². The third kappa shape index (κ3) is 4.01. The Kier molecular flexibility index (Phi) is 5.59. The number of aromatic nitrogens is 2. The van der Waals surface area contributed by atoms with Crippen LogP contribution in [-0.2, 0) is 11.8 Å². The number of likely N-dealkylation sites (N-methyl/N-ethyl adjacent to an activating group) is 1. The van der Waals surface area contributed by atoms with E-state index in [0.29, 0.717) is 23.8 Å². The Bertz CT molecular complexity index is 669. The quantitative estimate of drug-likeness (QED) is 0.813.